The summed E-state index contributed by atoms with van der Waals surface area (Å²) in [5.74, 6) is 1.08. The van der Waals surface area contributed by atoms with Gasteiger partial charge >= 0.3 is 0 Å². The molecule has 4 nitrogen and oxygen atoms in total. The fraction of sp³-hybridized carbons (Fsp3) is 0.235. The third-order valence-corrected chi connectivity index (χ3v) is 3.82. The number of carbonyl (C=O) groups is 1. The van der Waals surface area contributed by atoms with E-state index in [1.807, 2.05) is 24.3 Å². The molecule has 0 fully saturated rings. The lowest BCUT2D eigenvalue weighted by Gasteiger charge is -2.13. The smallest absolute Gasteiger partial charge is 0.176 e. The maximum atomic E-state index is 12.9. The summed E-state index contributed by atoms with van der Waals surface area (Å²) < 4.78 is 10.5. The average molecular weight is 283 g/mol. The van der Waals surface area contributed by atoms with Crippen LogP contribution in [0.25, 0.3) is 0 Å². The van der Waals surface area contributed by atoms with E-state index < -0.39 is 0 Å². The molecule has 3 rings (SSSR count). The third kappa shape index (κ3) is 2.33. The molecule has 2 aromatic rings. The zero-order chi connectivity index (χ0) is 14.8. The molecule has 0 bridgehead atoms. The van der Waals surface area contributed by atoms with Gasteiger partial charge in [0.05, 0.1) is 25.7 Å². The minimum Gasteiger partial charge on any atom is -0.497 e. The molecule has 0 spiro atoms. The Morgan fingerprint density at radius 1 is 1.14 bits per heavy atom. The first-order valence-corrected chi connectivity index (χ1v) is 6.83. The molecule has 1 unspecified atom stereocenters. The zero-order valence-electron chi connectivity index (χ0n) is 12.1. The first-order chi connectivity index (χ1) is 10.2. The van der Waals surface area contributed by atoms with E-state index in [1.165, 1.54) is 0 Å². The third-order valence-electron chi connectivity index (χ3n) is 3.82. The number of benzene rings is 2. The van der Waals surface area contributed by atoms with E-state index >= 15 is 0 Å². The molecule has 0 aromatic heterocycles. The summed E-state index contributed by atoms with van der Waals surface area (Å²) in [7, 11) is 3.15. The fourth-order valence-corrected chi connectivity index (χ4v) is 2.71. The fourth-order valence-electron chi connectivity index (χ4n) is 2.71. The number of methoxy groups -OCH3 is 2. The molecule has 4 heteroatoms. The summed E-state index contributed by atoms with van der Waals surface area (Å²) in [5, 5.41) is 3.27. The van der Waals surface area contributed by atoms with Crippen molar-refractivity contribution in [3.63, 3.8) is 0 Å². The van der Waals surface area contributed by atoms with Crippen LogP contribution in [0.1, 0.15) is 21.8 Å². The molecule has 0 saturated carbocycles. The number of nitrogens with one attached hydrogen (secondary N) is 1. The molecular weight excluding hydrogens is 266 g/mol. The molecule has 2 aromatic carbocycles. The number of Topliss-reactive ketones (excluding diaryl/α,β-unsaturated/α-hetero) is 1. The lowest BCUT2D eigenvalue weighted by atomic mass is 9.92. The minimum atomic E-state index is -0.192. The summed E-state index contributed by atoms with van der Waals surface area (Å²) >= 11 is 0. The Hall–Kier alpha value is -2.49. The largest absolute Gasteiger partial charge is 0.497 e. The normalized spacial score (nSPS) is 16.0. The second kappa shape index (κ2) is 5.48. The molecule has 0 radical (unpaired) electrons. The molecule has 21 heavy (non-hydrogen) atoms. The van der Waals surface area contributed by atoms with Crippen molar-refractivity contribution in [3.05, 3.63) is 53.6 Å². The van der Waals surface area contributed by atoms with E-state index in [9.17, 15) is 4.79 Å². The van der Waals surface area contributed by atoms with Crippen LogP contribution in [-0.4, -0.2) is 26.5 Å². The van der Waals surface area contributed by atoms with Crippen molar-refractivity contribution in [1.29, 1.82) is 0 Å². The van der Waals surface area contributed by atoms with Gasteiger partial charge in [-0.1, -0.05) is 18.2 Å². The second-order valence-electron chi connectivity index (χ2n) is 4.95. The highest BCUT2D eigenvalue weighted by atomic mass is 16.5. The van der Waals surface area contributed by atoms with Crippen LogP contribution in [0.2, 0.25) is 0 Å². The van der Waals surface area contributed by atoms with Crippen molar-refractivity contribution in [2.45, 2.75) is 5.92 Å². The molecule has 1 N–H and O–H groups in total. The van der Waals surface area contributed by atoms with Gasteiger partial charge in [-0.25, -0.2) is 0 Å². The van der Waals surface area contributed by atoms with Crippen LogP contribution >= 0.6 is 0 Å². The van der Waals surface area contributed by atoms with Gasteiger partial charge in [0.1, 0.15) is 11.5 Å². The van der Waals surface area contributed by atoms with E-state index in [4.69, 9.17) is 9.47 Å². The molecule has 1 aliphatic rings. The zero-order valence-corrected chi connectivity index (χ0v) is 12.1. The van der Waals surface area contributed by atoms with Crippen LogP contribution in [0, 0.1) is 0 Å². The van der Waals surface area contributed by atoms with E-state index in [1.54, 1.807) is 32.4 Å². The first-order valence-electron chi connectivity index (χ1n) is 6.83. The molecule has 0 amide bonds. The van der Waals surface area contributed by atoms with Gasteiger partial charge < -0.3 is 14.8 Å². The molecule has 108 valence electrons. The molecule has 1 atom stereocenters. The number of rotatable bonds is 4. The summed E-state index contributed by atoms with van der Waals surface area (Å²) in [6, 6.07) is 13.2. The van der Waals surface area contributed by atoms with Gasteiger partial charge in [0.2, 0.25) is 0 Å². The average Bonchev–Trinajstić information content (AvgIpc) is 2.97. The molecule has 1 heterocycles. The van der Waals surface area contributed by atoms with Gasteiger partial charge in [-0.05, 0) is 29.8 Å². The number of hydrogen-bond donors (Lipinski definition) is 1. The Balaban J connectivity index is 2.00. The Kier molecular flexibility index (Phi) is 3.52. The highest BCUT2D eigenvalue weighted by molar-refractivity contribution is 6.05. The van der Waals surface area contributed by atoms with Crippen molar-refractivity contribution >= 4 is 11.5 Å². The van der Waals surface area contributed by atoms with Crippen LogP contribution in [0.15, 0.2) is 42.5 Å². The number of carbonyl (C=O) groups excluding carboxylic acids is 1. The van der Waals surface area contributed by atoms with Crippen LogP contribution in [0.5, 0.6) is 11.5 Å². The Morgan fingerprint density at radius 2 is 1.95 bits per heavy atom. The van der Waals surface area contributed by atoms with E-state index in [-0.39, 0.29) is 11.7 Å². The molecule has 1 aliphatic heterocycles. The quantitative estimate of drug-likeness (QED) is 0.876. The Bertz CT molecular complexity index is 681. The second-order valence-corrected chi connectivity index (χ2v) is 4.95. The predicted octanol–water partition coefficient (Wildman–Crippen LogP) is 3.10. The Labute approximate surface area is 123 Å². The number of fused-ring (bicyclic) bond motifs is 1. The summed E-state index contributed by atoms with van der Waals surface area (Å²) in [6.07, 6.45) is 0. The Morgan fingerprint density at radius 3 is 2.71 bits per heavy atom. The van der Waals surface area contributed by atoms with Crippen LogP contribution < -0.4 is 14.8 Å². The standard InChI is InChI=1S/C17H17NO3/c1-20-11-7-8-16(21-2)13(9-11)17(19)14-10-18-15-6-4-3-5-12(14)15/h3-9,14,18H,10H2,1-2H3. The highest BCUT2D eigenvalue weighted by Gasteiger charge is 2.30. The SMILES string of the molecule is COc1ccc(OC)c(C(=O)C2CNc3ccccc32)c1. The minimum absolute atomic E-state index is 0.0446. The highest BCUT2D eigenvalue weighted by Crippen LogP contribution is 2.36. The number of ether oxygens (including phenoxy) is 2. The van der Waals surface area contributed by atoms with Crippen LogP contribution in [-0.2, 0) is 0 Å². The van der Waals surface area contributed by atoms with Crippen molar-refractivity contribution < 1.29 is 14.3 Å². The van der Waals surface area contributed by atoms with Gasteiger partial charge in [0.15, 0.2) is 5.78 Å². The maximum Gasteiger partial charge on any atom is 0.176 e. The van der Waals surface area contributed by atoms with Crippen molar-refractivity contribution in [3.8, 4) is 11.5 Å². The first kappa shape index (κ1) is 13.5. The number of para-hydroxylation sites is 1. The molecule has 0 saturated heterocycles. The summed E-state index contributed by atoms with van der Waals surface area (Å²) in [6.45, 7) is 0.610. The van der Waals surface area contributed by atoms with E-state index in [0.29, 0.717) is 23.6 Å². The molecular formula is C17H17NO3. The van der Waals surface area contributed by atoms with E-state index in [0.717, 1.165) is 11.3 Å². The summed E-state index contributed by atoms with van der Waals surface area (Å²) in [5.41, 5.74) is 2.62. The van der Waals surface area contributed by atoms with Gasteiger partial charge in [-0.3, -0.25) is 4.79 Å². The van der Waals surface area contributed by atoms with Gasteiger partial charge in [-0.2, -0.15) is 0 Å². The summed E-state index contributed by atoms with van der Waals surface area (Å²) in [4.78, 5) is 12.9. The topological polar surface area (TPSA) is 47.6 Å². The monoisotopic (exact) mass is 283 g/mol. The van der Waals surface area contributed by atoms with E-state index in [2.05, 4.69) is 5.32 Å². The van der Waals surface area contributed by atoms with Gasteiger partial charge in [0, 0.05) is 12.2 Å². The number of ketones is 1. The number of anilines is 1. The lowest BCUT2D eigenvalue weighted by Crippen LogP contribution is -2.16. The molecule has 0 aliphatic carbocycles. The lowest BCUT2D eigenvalue weighted by molar-refractivity contribution is 0.0963. The van der Waals surface area contributed by atoms with Gasteiger partial charge in [-0.15, -0.1) is 0 Å². The van der Waals surface area contributed by atoms with Crippen LogP contribution in [0.4, 0.5) is 5.69 Å². The van der Waals surface area contributed by atoms with Crippen molar-refractivity contribution in [1.82, 2.24) is 0 Å². The predicted molar refractivity (Wildman–Crippen MR) is 81.5 cm³/mol. The van der Waals surface area contributed by atoms with Crippen molar-refractivity contribution in [2.24, 2.45) is 0 Å². The van der Waals surface area contributed by atoms with Gasteiger partial charge in [0.25, 0.3) is 0 Å². The van der Waals surface area contributed by atoms with Crippen LogP contribution in [0.3, 0.4) is 0 Å². The number of hydrogen-bond acceptors (Lipinski definition) is 4. The van der Waals surface area contributed by atoms with Crippen molar-refractivity contribution in [2.75, 3.05) is 26.1 Å². The maximum absolute atomic E-state index is 12.9.